The van der Waals surface area contributed by atoms with Crippen LogP contribution in [-0.2, 0) is 11.2 Å². The summed E-state index contributed by atoms with van der Waals surface area (Å²) in [6.07, 6.45) is 2.57. The number of carboxylic acids is 1. The molecule has 0 fully saturated rings. The van der Waals surface area contributed by atoms with Gasteiger partial charge in [-0.15, -0.1) is 0 Å². The highest BCUT2D eigenvalue weighted by atomic mass is 35.5. The minimum absolute atomic E-state index is 0.365. The highest BCUT2D eigenvalue weighted by molar-refractivity contribution is 6.30. The van der Waals surface area contributed by atoms with E-state index in [2.05, 4.69) is 5.32 Å². The molecular weight excluding hydrogens is 238 g/mol. The van der Waals surface area contributed by atoms with Crippen LogP contribution >= 0.6 is 11.6 Å². The van der Waals surface area contributed by atoms with Gasteiger partial charge in [0.25, 0.3) is 0 Å². The normalized spacial score (nSPS) is 11.5. The molecule has 0 saturated heterocycles. The smallest absolute Gasteiger partial charge is 0.330 e. The summed E-state index contributed by atoms with van der Waals surface area (Å²) in [5.41, 5.74) is 1.57. The maximum absolute atomic E-state index is 10.5. The molecule has 0 amide bonds. The summed E-state index contributed by atoms with van der Waals surface area (Å²) in [4.78, 5) is 10.5. The number of rotatable bonds is 6. The lowest BCUT2D eigenvalue weighted by atomic mass is 10.1. The molecule has 1 aromatic rings. The van der Waals surface area contributed by atoms with Crippen molar-refractivity contribution in [3.8, 4) is 0 Å². The lowest BCUT2D eigenvalue weighted by Gasteiger charge is -2.03. The number of aliphatic carboxylic acids is 1. The Balaban J connectivity index is 2.23. The predicted octanol–water partition coefficient (Wildman–Crippen LogP) is 2.50. The zero-order valence-electron chi connectivity index (χ0n) is 9.74. The molecule has 0 saturated carbocycles. The lowest BCUT2D eigenvalue weighted by Crippen LogP contribution is -2.17. The molecule has 0 bridgehead atoms. The van der Waals surface area contributed by atoms with Crippen molar-refractivity contribution >= 4 is 17.6 Å². The fourth-order valence-corrected chi connectivity index (χ4v) is 1.42. The molecule has 0 aliphatic carbocycles. The van der Waals surface area contributed by atoms with Crippen LogP contribution in [0.2, 0.25) is 5.02 Å². The fraction of sp³-hybridized carbons (Fsp3) is 0.308. The molecule has 0 atom stereocenters. The summed E-state index contributed by atoms with van der Waals surface area (Å²) < 4.78 is 0. The van der Waals surface area contributed by atoms with E-state index >= 15 is 0 Å². The van der Waals surface area contributed by atoms with Gasteiger partial charge in [-0.3, -0.25) is 0 Å². The van der Waals surface area contributed by atoms with Crippen LogP contribution in [0.15, 0.2) is 35.9 Å². The topological polar surface area (TPSA) is 49.3 Å². The van der Waals surface area contributed by atoms with Crippen LogP contribution in [0.4, 0.5) is 0 Å². The maximum Gasteiger partial charge on any atom is 0.330 e. The number of hydrogen-bond acceptors (Lipinski definition) is 2. The third-order valence-corrected chi connectivity index (χ3v) is 2.65. The molecular formula is C13H16ClNO2. The van der Waals surface area contributed by atoms with Gasteiger partial charge in [-0.05, 0) is 37.6 Å². The first-order valence-electron chi connectivity index (χ1n) is 5.45. The summed E-state index contributed by atoms with van der Waals surface area (Å²) in [6.45, 7) is 2.97. The molecule has 3 nitrogen and oxygen atoms in total. The molecule has 0 heterocycles. The van der Waals surface area contributed by atoms with Gasteiger partial charge < -0.3 is 10.4 Å². The number of nitrogens with one attached hydrogen (secondary N) is 1. The third kappa shape index (κ3) is 5.52. The van der Waals surface area contributed by atoms with E-state index in [1.54, 1.807) is 13.0 Å². The Hall–Kier alpha value is -1.32. The van der Waals surface area contributed by atoms with Crippen molar-refractivity contribution in [1.29, 1.82) is 0 Å². The van der Waals surface area contributed by atoms with Crippen molar-refractivity contribution in [3.05, 3.63) is 46.5 Å². The molecule has 4 heteroatoms. The molecule has 0 aliphatic heterocycles. The van der Waals surface area contributed by atoms with Gasteiger partial charge in [0, 0.05) is 17.1 Å². The SMILES string of the molecule is C/C(=C/CNCCc1ccc(Cl)cc1)C(=O)O. The van der Waals surface area contributed by atoms with E-state index in [1.807, 2.05) is 24.3 Å². The number of hydrogen-bond donors (Lipinski definition) is 2. The van der Waals surface area contributed by atoms with E-state index in [1.165, 1.54) is 5.56 Å². The van der Waals surface area contributed by atoms with Crippen molar-refractivity contribution in [2.75, 3.05) is 13.1 Å². The first-order chi connectivity index (χ1) is 8.09. The lowest BCUT2D eigenvalue weighted by molar-refractivity contribution is -0.132. The Labute approximate surface area is 106 Å². The van der Waals surface area contributed by atoms with Gasteiger partial charge in [0.15, 0.2) is 0 Å². The average Bonchev–Trinajstić information content (AvgIpc) is 2.30. The van der Waals surface area contributed by atoms with Crippen molar-refractivity contribution in [2.45, 2.75) is 13.3 Å². The van der Waals surface area contributed by atoms with Crippen LogP contribution in [0.5, 0.6) is 0 Å². The summed E-state index contributed by atoms with van der Waals surface area (Å²) in [7, 11) is 0. The molecule has 0 aromatic heterocycles. The number of carbonyl (C=O) groups is 1. The van der Waals surface area contributed by atoms with E-state index in [4.69, 9.17) is 16.7 Å². The number of benzene rings is 1. The van der Waals surface area contributed by atoms with Gasteiger partial charge in [-0.1, -0.05) is 29.8 Å². The molecule has 17 heavy (non-hydrogen) atoms. The standard InChI is InChI=1S/C13H16ClNO2/c1-10(13(16)17)6-8-15-9-7-11-2-4-12(14)5-3-11/h2-6,15H,7-9H2,1H3,(H,16,17)/b10-6-. The first kappa shape index (κ1) is 13.7. The highest BCUT2D eigenvalue weighted by Gasteiger charge is 1.97. The van der Waals surface area contributed by atoms with Crippen LogP contribution < -0.4 is 5.32 Å². The zero-order valence-corrected chi connectivity index (χ0v) is 10.5. The summed E-state index contributed by atoms with van der Waals surface area (Å²) >= 11 is 5.78. The average molecular weight is 254 g/mol. The number of halogens is 1. The molecule has 1 rings (SSSR count). The quantitative estimate of drug-likeness (QED) is 0.605. The zero-order chi connectivity index (χ0) is 12.7. The minimum Gasteiger partial charge on any atom is -0.478 e. The Kier molecular flexibility index (Phi) is 5.73. The van der Waals surface area contributed by atoms with Gasteiger partial charge in [-0.2, -0.15) is 0 Å². The van der Waals surface area contributed by atoms with Crippen molar-refractivity contribution in [1.82, 2.24) is 5.32 Å². The predicted molar refractivity (Wildman–Crippen MR) is 69.4 cm³/mol. The van der Waals surface area contributed by atoms with E-state index in [9.17, 15) is 4.79 Å². The third-order valence-electron chi connectivity index (χ3n) is 2.39. The number of carboxylic acid groups (broad SMARTS) is 1. The van der Waals surface area contributed by atoms with E-state index in [-0.39, 0.29) is 0 Å². The summed E-state index contributed by atoms with van der Waals surface area (Å²) in [5, 5.41) is 12.5. The Bertz CT molecular complexity index is 398. The molecule has 0 aliphatic rings. The Morgan fingerprint density at radius 2 is 2.06 bits per heavy atom. The van der Waals surface area contributed by atoms with Crippen LogP contribution in [0.1, 0.15) is 12.5 Å². The molecule has 0 radical (unpaired) electrons. The summed E-state index contributed by atoms with van der Waals surface area (Å²) in [5.74, 6) is -0.871. The minimum atomic E-state index is -0.871. The second-order valence-corrected chi connectivity index (χ2v) is 4.21. The first-order valence-corrected chi connectivity index (χ1v) is 5.82. The van der Waals surface area contributed by atoms with Gasteiger partial charge >= 0.3 is 5.97 Å². The molecule has 0 spiro atoms. The monoisotopic (exact) mass is 253 g/mol. The van der Waals surface area contributed by atoms with Crippen molar-refractivity contribution in [3.63, 3.8) is 0 Å². The second kappa shape index (κ2) is 7.09. The largest absolute Gasteiger partial charge is 0.478 e. The molecule has 92 valence electrons. The summed E-state index contributed by atoms with van der Waals surface area (Å²) in [6, 6.07) is 7.71. The van der Waals surface area contributed by atoms with Crippen molar-refractivity contribution in [2.24, 2.45) is 0 Å². The second-order valence-electron chi connectivity index (χ2n) is 3.77. The fourth-order valence-electron chi connectivity index (χ4n) is 1.30. The maximum atomic E-state index is 10.5. The van der Waals surface area contributed by atoms with E-state index < -0.39 is 5.97 Å². The van der Waals surface area contributed by atoms with Gasteiger partial charge in [0.05, 0.1) is 0 Å². The van der Waals surface area contributed by atoms with Gasteiger partial charge in [-0.25, -0.2) is 4.79 Å². The van der Waals surface area contributed by atoms with Crippen molar-refractivity contribution < 1.29 is 9.90 Å². The molecule has 1 aromatic carbocycles. The van der Waals surface area contributed by atoms with Gasteiger partial charge in [0.2, 0.25) is 0 Å². The molecule has 2 N–H and O–H groups in total. The van der Waals surface area contributed by atoms with Crippen LogP contribution in [0.3, 0.4) is 0 Å². The van der Waals surface area contributed by atoms with Crippen LogP contribution in [0.25, 0.3) is 0 Å². The van der Waals surface area contributed by atoms with Crippen LogP contribution in [-0.4, -0.2) is 24.2 Å². The van der Waals surface area contributed by atoms with Gasteiger partial charge in [0.1, 0.15) is 0 Å². The Morgan fingerprint density at radius 3 is 2.65 bits per heavy atom. The van der Waals surface area contributed by atoms with Crippen LogP contribution in [0, 0.1) is 0 Å². The Morgan fingerprint density at radius 1 is 1.41 bits per heavy atom. The molecule has 0 unspecified atom stereocenters. The van der Waals surface area contributed by atoms with E-state index in [0.29, 0.717) is 12.1 Å². The van der Waals surface area contributed by atoms with E-state index in [0.717, 1.165) is 18.0 Å². The highest BCUT2D eigenvalue weighted by Crippen LogP contribution is 2.09.